The molecule has 2 amide bonds. The highest BCUT2D eigenvalue weighted by Crippen LogP contribution is 2.30. The van der Waals surface area contributed by atoms with Crippen LogP contribution in [-0.4, -0.2) is 45.2 Å². The van der Waals surface area contributed by atoms with E-state index in [1.165, 1.54) is 22.1 Å². The largest absolute Gasteiger partial charge is 0.497 e. The van der Waals surface area contributed by atoms with Crippen LogP contribution in [-0.2, 0) is 9.59 Å². The van der Waals surface area contributed by atoms with Crippen molar-refractivity contribution in [3.63, 3.8) is 0 Å². The monoisotopic (exact) mass is 490 g/mol. The molecule has 0 saturated carbocycles. The van der Waals surface area contributed by atoms with Gasteiger partial charge in [-0.3, -0.25) is 19.4 Å². The van der Waals surface area contributed by atoms with E-state index < -0.39 is 5.92 Å². The normalized spacial score (nSPS) is 15.4. The van der Waals surface area contributed by atoms with Gasteiger partial charge in [0.25, 0.3) is 5.56 Å². The Hall–Kier alpha value is -4.25. The number of aromatic amines is 1. The summed E-state index contributed by atoms with van der Waals surface area (Å²) >= 11 is 1.50. The Morgan fingerprint density at radius 3 is 2.69 bits per heavy atom. The van der Waals surface area contributed by atoms with Crippen LogP contribution in [0.2, 0.25) is 0 Å². The number of aromatic nitrogens is 4. The van der Waals surface area contributed by atoms with Gasteiger partial charge in [-0.05, 0) is 42.6 Å². The molecule has 1 aliphatic heterocycles. The average molecular weight is 491 g/mol. The van der Waals surface area contributed by atoms with Crippen molar-refractivity contribution in [2.45, 2.75) is 13.3 Å². The van der Waals surface area contributed by atoms with Gasteiger partial charge < -0.3 is 15.0 Å². The van der Waals surface area contributed by atoms with E-state index in [2.05, 4.69) is 20.4 Å². The van der Waals surface area contributed by atoms with Gasteiger partial charge in [-0.2, -0.15) is 9.78 Å². The Kier molecular flexibility index (Phi) is 5.91. The standard InChI is InChI=1S/C24H22N6O4S/c1-14-10-21(31)27-24(25-14)30-20(12-18(28-30)19-4-3-9-35-19)26-23(33)15-11-22(32)29(13-15)16-5-7-17(34-2)8-6-16/h3-10,12,15H,11,13H2,1-2H3,(H,26,33)(H,25,27,31)/t15-/m0/s1. The van der Waals surface area contributed by atoms with Gasteiger partial charge in [0, 0.05) is 36.5 Å². The quantitative estimate of drug-likeness (QED) is 0.429. The van der Waals surface area contributed by atoms with E-state index in [4.69, 9.17) is 4.74 Å². The van der Waals surface area contributed by atoms with Crippen LogP contribution < -0.4 is 20.5 Å². The molecular weight excluding hydrogens is 468 g/mol. The second-order valence-electron chi connectivity index (χ2n) is 8.11. The maximum Gasteiger partial charge on any atom is 0.252 e. The molecule has 35 heavy (non-hydrogen) atoms. The van der Waals surface area contributed by atoms with Crippen molar-refractivity contribution >= 4 is 34.7 Å². The fourth-order valence-electron chi connectivity index (χ4n) is 3.96. The van der Waals surface area contributed by atoms with Gasteiger partial charge >= 0.3 is 0 Å². The van der Waals surface area contributed by atoms with E-state index in [1.807, 2.05) is 17.5 Å². The van der Waals surface area contributed by atoms with Crippen molar-refractivity contribution in [2.24, 2.45) is 5.92 Å². The molecule has 178 valence electrons. The third-order valence-electron chi connectivity index (χ3n) is 5.67. The Morgan fingerprint density at radius 1 is 1.20 bits per heavy atom. The highest BCUT2D eigenvalue weighted by atomic mass is 32.1. The Bertz CT molecular complexity index is 1440. The van der Waals surface area contributed by atoms with Crippen LogP contribution in [0.15, 0.2) is 58.7 Å². The highest BCUT2D eigenvalue weighted by molar-refractivity contribution is 7.13. The van der Waals surface area contributed by atoms with Crippen LogP contribution in [0.3, 0.4) is 0 Å². The number of H-pyrrole nitrogens is 1. The lowest BCUT2D eigenvalue weighted by Gasteiger charge is -2.17. The van der Waals surface area contributed by atoms with Gasteiger partial charge in [0.2, 0.25) is 17.8 Å². The minimum atomic E-state index is -0.553. The lowest BCUT2D eigenvalue weighted by Crippen LogP contribution is -2.28. The summed E-state index contributed by atoms with van der Waals surface area (Å²) in [6.45, 7) is 1.96. The highest BCUT2D eigenvalue weighted by Gasteiger charge is 2.35. The van der Waals surface area contributed by atoms with E-state index in [-0.39, 0.29) is 36.3 Å². The minimum Gasteiger partial charge on any atom is -0.497 e. The summed E-state index contributed by atoms with van der Waals surface area (Å²) in [5.41, 5.74) is 1.53. The molecule has 1 fully saturated rings. The number of carbonyl (C=O) groups is 2. The van der Waals surface area contributed by atoms with E-state index in [0.29, 0.717) is 28.6 Å². The van der Waals surface area contributed by atoms with E-state index in [0.717, 1.165) is 4.88 Å². The van der Waals surface area contributed by atoms with Crippen molar-refractivity contribution in [1.29, 1.82) is 0 Å². The molecule has 0 bridgehead atoms. The number of rotatable bonds is 6. The molecule has 0 aliphatic carbocycles. The van der Waals surface area contributed by atoms with Crippen molar-refractivity contribution in [1.82, 2.24) is 19.7 Å². The van der Waals surface area contributed by atoms with Crippen molar-refractivity contribution in [2.75, 3.05) is 23.9 Å². The molecule has 5 rings (SSSR count). The number of ether oxygens (including phenoxy) is 1. The van der Waals surface area contributed by atoms with Crippen LogP contribution >= 0.6 is 11.3 Å². The lowest BCUT2D eigenvalue weighted by molar-refractivity contribution is -0.122. The maximum atomic E-state index is 13.2. The molecule has 0 unspecified atom stereocenters. The molecule has 4 heterocycles. The number of anilines is 2. The Balaban J connectivity index is 1.41. The lowest BCUT2D eigenvalue weighted by atomic mass is 10.1. The number of carbonyl (C=O) groups excluding carboxylic acids is 2. The summed E-state index contributed by atoms with van der Waals surface area (Å²) in [5.74, 6) is 0.226. The number of nitrogens with one attached hydrogen (secondary N) is 2. The number of amides is 2. The second-order valence-corrected chi connectivity index (χ2v) is 9.05. The van der Waals surface area contributed by atoms with Gasteiger partial charge in [0.05, 0.1) is 17.9 Å². The first-order valence-electron chi connectivity index (χ1n) is 10.9. The second kappa shape index (κ2) is 9.18. The topological polar surface area (TPSA) is 122 Å². The molecule has 10 nitrogen and oxygen atoms in total. The van der Waals surface area contributed by atoms with Crippen LogP contribution in [0.25, 0.3) is 16.5 Å². The SMILES string of the molecule is COc1ccc(N2C[C@@H](C(=O)Nc3cc(-c4cccs4)nn3-c3nc(C)cc(=O)[nH]3)CC2=O)cc1. The smallest absolute Gasteiger partial charge is 0.252 e. The van der Waals surface area contributed by atoms with Crippen molar-refractivity contribution in [3.8, 4) is 22.3 Å². The third-order valence-corrected chi connectivity index (χ3v) is 6.56. The maximum absolute atomic E-state index is 13.2. The number of nitrogens with zero attached hydrogens (tertiary/aromatic N) is 4. The van der Waals surface area contributed by atoms with Gasteiger partial charge in [-0.15, -0.1) is 11.3 Å². The fourth-order valence-corrected chi connectivity index (χ4v) is 4.64. The third kappa shape index (κ3) is 4.58. The van der Waals surface area contributed by atoms with Gasteiger partial charge in [-0.1, -0.05) is 6.07 Å². The minimum absolute atomic E-state index is 0.0866. The Labute approximate surface area is 204 Å². The number of hydrogen-bond donors (Lipinski definition) is 2. The molecular formula is C24H22N6O4S. The molecule has 1 aliphatic rings. The van der Waals surface area contributed by atoms with Crippen LogP contribution in [0.5, 0.6) is 5.75 Å². The van der Waals surface area contributed by atoms with E-state index in [1.54, 1.807) is 49.3 Å². The summed E-state index contributed by atoms with van der Waals surface area (Å²) in [7, 11) is 1.58. The number of thiophene rings is 1. The van der Waals surface area contributed by atoms with Crippen molar-refractivity contribution < 1.29 is 14.3 Å². The summed E-state index contributed by atoms with van der Waals surface area (Å²) in [5, 5.41) is 9.39. The summed E-state index contributed by atoms with van der Waals surface area (Å²) in [4.78, 5) is 47.4. The molecule has 0 spiro atoms. The zero-order valence-electron chi connectivity index (χ0n) is 19.0. The number of hydrogen-bond acceptors (Lipinski definition) is 7. The van der Waals surface area contributed by atoms with Crippen LogP contribution in [0.1, 0.15) is 12.1 Å². The van der Waals surface area contributed by atoms with Crippen molar-refractivity contribution in [3.05, 3.63) is 70.0 Å². The first-order valence-corrected chi connectivity index (χ1v) is 11.8. The van der Waals surface area contributed by atoms with Gasteiger partial charge in [-0.25, -0.2) is 4.98 Å². The molecule has 2 N–H and O–H groups in total. The zero-order chi connectivity index (χ0) is 24.5. The van der Waals surface area contributed by atoms with Crippen LogP contribution in [0, 0.1) is 12.8 Å². The number of benzene rings is 1. The molecule has 0 radical (unpaired) electrons. The number of aryl methyl sites for hydroxylation is 1. The zero-order valence-corrected chi connectivity index (χ0v) is 19.8. The molecule has 1 aromatic carbocycles. The predicted octanol–water partition coefficient (Wildman–Crippen LogP) is 2.99. The first-order chi connectivity index (χ1) is 16.9. The summed E-state index contributed by atoms with van der Waals surface area (Å²) in [6, 6.07) is 14.1. The predicted molar refractivity (Wildman–Crippen MR) is 132 cm³/mol. The molecule has 1 saturated heterocycles. The Morgan fingerprint density at radius 2 is 2.00 bits per heavy atom. The number of methoxy groups -OCH3 is 1. The van der Waals surface area contributed by atoms with Gasteiger partial charge in [0.15, 0.2) is 0 Å². The van der Waals surface area contributed by atoms with E-state index in [9.17, 15) is 14.4 Å². The molecule has 11 heteroatoms. The molecule has 3 aromatic heterocycles. The summed E-state index contributed by atoms with van der Waals surface area (Å²) in [6.07, 6.45) is 0.0866. The fraction of sp³-hybridized carbons (Fsp3) is 0.208. The van der Waals surface area contributed by atoms with Gasteiger partial charge in [0.1, 0.15) is 17.3 Å². The summed E-state index contributed by atoms with van der Waals surface area (Å²) < 4.78 is 6.58. The average Bonchev–Trinajstić information content (AvgIpc) is 3.58. The molecule has 4 aromatic rings. The molecule has 1 atom stereocenters. The van der Waals surface area contributed by atoms with Crippen LogP contribution in [0.4, 0.5) is 11.5 Å². The first kappa shape index (κ1) is 22.5. The van der Waals surface area contributed by atoms with E-state index >= 15 is 0 Å².